The third-order valence-corrected chi connectivity index (χ3v) is 2.43. The Labute approximate surface area is 89.1 Å². The van der Waals surface area contributed by atoms with Gasteiger partial charge in [0.25, 0.3) is 0 Å². The third-order valence-electron chi connectivity index (χ3n) is 2.43. The van der Waals surface area contributed by atoms with E-state index >= 15 is 0 Å². The molecule has 0 aliphatic heterocycles. The molecular formula is C14H11F. The zero-order valence-electron chi connectivity index (χ0n) is 8.28. The number of terminal acetylenes is 1. The summed E-state index contributed by atoms with van der Waals surface area (Å²) >= 11 is 0. The zero-order chi connectivity index (χ0) is 10.7. The van der Waals surface area contributed by atoms with Crippen LogP contribution in [0.25, 0.3) is 5.57 Å². The second kappa shape index (κ2) is 4.14. The predicted molar refractivity (Wildman–Crippen MR) is 60.6 cm³/mol. The second-order valence-electron chi connectivity index (χ2n) is 3.56. The Morgan fingerprint density at radius 1 is 1.27 bits per heavy atom. The maximum absolute atomic E-state index is 13.3. The molecule has 0 spiro atoms. The van der Waals surface area contributed by atoms with E-state index < -0.39 is 0 Å². The zero-order valence-corrected chi connectivity index (χ0v) is 8.28. The number of benzene rings is 1. The normalized spacial score (nSPS) is 20.1. The lowest BCUT2D eigenvalue weighted by molar-refractivity contribution is 0.562. The summed E-state index contributed by atoms with van der Waals surface area (Å²) < 4.78 is 13.3. The van der Waals surface area contributed by atoms with E-state index in [-0.39, 0.29) is 11.7 Å². The smallest absolute Gasteiger partial charge is 0.102 e. The first-order valence-electron chi connectivity index (χ1n) is 4.89. The first-order valence-corrected chi connectivity index (χ1v) is 4.89. The van der Waals surface area contributed by atoms with Crippen LogP contribution in [0.1, 0.15) is 12.0 Å². The molecule has 0 saturated heterocycles. The van der Waals surface area contributed by atoms with Gasteiger partial charge in [0.1, 0.15) is 5.83 Å². The summed E-state index contributed by atoms with van der Waals surface area (Å²) in [5, 5.41) is 0. The van der Waals surface area contributed by atoms with Gasteiger partial charge in [-0.25, -0.2) is 4.39 Å². The van der Waals surface area contributed by atoms with E-state index in [4.69, 9.17) is 6.42 Å². The summed E-state index contributed by atoms with van der Waals surface area (Å²) in [5.74, 6) is 2.32. The van der Waals surface area contributed by atoms with Crippen molar-refractivity contribution in [2.75, 3.05) is 0 Å². The molecule has 0 fully saturated rings. The summed E-state index contributed by atoms with van der Waals surface area (Å²) in [4.78, 5) is 0. The van der Waals surface area contributed by atoms with E-state index in [1.54, 1.807) is 6.08 Å². The van der Waals surface area contributed by atoms with Crippen molar-refractivity contribution in [3.8, 4) is 12.3 Å². The fourth-order valence-electron chi connectivity index (χ4n) is 1.68. The van der Waals surface area contributed by atoms with Crippen molar-refractivity contribution >= 4 is 5.57 Å². The van der Waals surface area contributed by atoms with Crippen molar-refractivity contribution in [3.05, 3.63) is 53.9 Å². The molecule has 0 amide bonds. The molecule has 1 aromatic rings. The summed E-state index contributed by atoms with van der Waals surface area (Å²) in [6, 6.07) is 9.71. The Morgan fingerprint density at radius 2 is 2.00 bits per heavy atom. The maximum atomic E-state index is 13.3. The molecule has 0 N–H and O–H groups in total. The van der Waals surface area contributed by atoms with Crippen LogP contribution in [0.2, 0.25) is 0 Å². The average molecular weight is 198 g/mol. The van der Waals surface area contributed by atoms with Gasteiger partial charge in [-0.15, -0.1) is 6.42 Å². The van der Waals surface area contributed by atoms with Crippen LogP contribution in [0.3, 0.4) is 0 Å². The first kappa shape index (κ1) is 9.73. The molecule has 1 aliphatic carbocycles. The molecule has 0 saturated carbocycles. The van der Waals surface area contributed by atoms with Gasteiger partial charge < -0.3 is 0 Å². The number of allylic oxidation sites excluding steroid dienone is 4. The Bertz CT molecular complexity index is 446. The largest absolute Gasteiger partial charge is 0.212 e. The highest BCUT2D eigenvalue weighted by Gasteiger charge is 2.13. The molecular weight excluding hydrogens is 187 g/mol. The number of halogens is 1. The molecule has 2 rings (SSSR count). The van der Waals surface area contributed by atoms with Gasteiger partial charge in [0.15, 0.2) is 0 Å². The SMILES string of the molecule is C#CC1C=C(c2ccccc2)C=C(F)C1. The molecule has 0 aromatic heterocycles. The average Bonchev–Trinajstić information content (AvgIpc) is 2.29. The minimum Gasteiger partial charge on any atom is -0.212 e. The van der Waals surface area contributed by atoms with E-state index in [2.05, 4.69) is 5.92 Å². The fraction of sp³-hybridized carbons (Fsp3) is 0.143. The molecule has 15 heavy (non-hydrogen) atoms. The van der Waals surface area contributed by atoms with Crippen molar-refractivity contribution in [2.45, 2.75) is 6.42 Å². The molecule has 1 aromatic carbocycles. The fourth-order valence-corrected chi connectivity index (χ4v) is 1.68. The van der Waals surface area contributed by atoms with Crippen molar-refractivity contribution in [3.63, 3.8) is 0 Å². The summed E-state index contributed by atoms with van der Waals surface area (Å²) in [6.45, 7) is 0. The van der Waals surface area contributed by atoms with Crippen LogP contribution in [-0.2, 0) is 0 Å². The quantitative estimate of drug-likeness (QED) is 0.605. The highest BCUT2D eigenvalue weighted by atomic mass is 19.1. The van der Waals surface area contributed by atoms with Crippen molar-refractivity contribution < 1.29 is 4.39 Å². The molecule has 1 aliphatic rings. The summed E-state index contributed by atoms with van der Waals surface area (Å²) in [6.07, 6.45) is 9.15. The van der Waals surface area contributed by atoms with Gasteiger partial charge >= 0.3 is 0 Å². The van der Waals surface area contributed by atoms with Gasteiger partial charge in [-0.05, 0) is 17.2 Å². The van der Waals surface area contributed by atoms with Gasteiger partial charge in [0.05, 0.1) is 0 Å². The predicted octanol–water partition coefficient (Wildman–Crippen LogP) is 3.58. The van der Waals surface area contributed by atoms with Gasteiger partial charge in [0, 0.05) is 12.3 Å². The molecule has 1 atom stereocenters. The van der Waals surface area contributed by atoms with Crippen LogP contribution < -0.4 is 0 Å². The number of hydrogen-bond donors (Lipinski definition) is 0. The molecule has 0 radical (unpaired) electrons. The molecule has 0 bridgehead atoms. The lowest BCUT2D eigenvalue weighted by atomic mass is 9.92. The van der Waals surface area contributed by atoms with Crippen LogP contribution in [0, 0.1) is 18.3 Å². The lowest BCUT2D eigenvalue weighted by Gasteiger charge is -2.13. The van der Waals surface area contributed by atoms with Crippen LogP contribution >= 0.6 is 0 Å². The van der Waals surface area contributed by atoms with E-state index in [1.165, 1.54) is 0 Å². The molecule has 1 unspecified atom stereocenters. The van der Waals surface area contributed by atoms with Crippen LogP contribution in [0.5, 0.6) is 0 Å². The topological polar surface area (TPSA) is 0 Å². The third kappa shape index (κ3) is 2.16. The Morgan fingerprint density at radius 3 is 2.67 bits per heavy atom. The highest BCUT2D eigenvalue weighted by Crippen LogP contribution is 2.28. The second-order valence-corrected chi connectivity index (χ2v) is 3.56. The van der Waals surface area contributed by atoms with Crippen LogP contribution in [-0.4, -0.2) is 0 Å². The molecule has 0 heterocycles. The van der Waals surface area contributed by atoms with Gasteiger partial charge in [-0.3, -0.25) is 0 Å². The minimum atomic E-state index is -0.140. The van der Waals surface area contributed by atoms with Crippen molar-refractivity contribution in [2.24, 2.45) is 5.92 Å². The lowest BCUT2D eigenvalue weighted by Crippen LogP contribution is -2.00. The Hall–Kier alpha value is -1.81. The maximum Gasteiger partial charge on any atom is 0.102 e. The van der Waals surface area contributed by atoms with Crippen LogP contribution in [0.4, 0.5) is 4.39 Å². The van der Waals surface area contributed by atoms with E-state index in [0.29, 0.717) is 6.42 Å². The monoisotopic (exact) mass is 198 g/mol. The Kier molecular flexibility index (Phi) is 2.69. The summed E-state index contributed by atoms with van der Waals surface area (Å²) in [5.41, 5.74) is 1.88. The van der Waals surface area contributed by atoms with Crippen molar-refractivity contribution in [1.82, 2.24) is 0 Å². The molecule has 74 valence electrons. The van der Waals surface area contributed by atoms with Crippen LogP contribution in [0.15, 0.2) is 48.3 Å². The highest BCUT2D eigenvalue weighted by molar-refractivity contribution is 5.75. The van der Waals surface area contributed by atoms with E-state index in [9.17, 15) is 4.39 Å². The van der Waals surface area contributed by atoms with Gasteiger partial charge in [0.2, 0.25) is 0 Å². The van der Waals surface area contributed by atoms with E-state index in [0.717, 1.165) is 11.1 Å². The molecule has 1 heteroatoms. The molecule has 0 nitrogen and oxygen atoms in total. The summed E-state index contributed by atoms with van der Waals surface area (Å²) in [7, 11) is 0. The standard InChI is InChI=1S/C14H11F/c1-2-11-8-13(10-14(15)9-11)12-6-4-3-5-7-12/h1,3-8,10-11H,9H2. The van der Waals surface area contributed by atoms with Gasteiger partial charge in [-0.2, -0.15) is 0 Å². The van der Waals surface area contributed by atoms with E-state index in [1.807, 2.05) is 36.4 Å². The first-order chi connectivity index (χ1) is 7.29. The minimum absolute atomic E-state index is 0.120. The number of rotatable bonds is 1. The number of hydrogen-bond acceptors (Lipinski definition) is 0. The van der Waals surface area contributed by atoms with Gasteiger partial charge in [-0.1, -0.05) is 42.3 Å². The van der Waals surface area contributed by atoms with Crippen molar-refractivity contribution in [1.29, 1.82) is 0 Å². The Balaban J connectivity index is 2.38.